The second kappa shape index (κ2) is 9.58. The van der Waals surface area contributed by atoms with E-state index in [2.05, 4.69) is 5.32 Å². The summed E-state index contributed by atoms with van der Waals surface area (Å²) in [7, 11) is 1.53. The monoisotopic (exact) mass is 456 g/mol. The number of para-hydroxylation sites is 1. The molecule has 2 heterocycles. The second-order valence-corrected chi connectivity index (χ2v) is 8.31. The number of hydrogen-bond acceptors (Lipinski definition) is 5. The largest absolute Gasteiger partial charge is 0.495 e. The van der Waals surface area contributed by atoms with Crippen LogP contribution in [0.15, 0.2) is 48.5 Å². The lowest BCUT2D eigenvalue weighted by Gasteiger charge is -2.35. The minimum absolute atomic E-state index is 0.0208. The van der Waals surface area contributed by atoms with Crippen LogP contribution in [-0.4, -0.2) is 67.0 Å². The zero-order chi connectivity index (χ0) is 22.7. The Kier molecular flexibility index (Phi) is 6.62. The van der Waals surface area contributed by atoms with Crippen molar-refractivity contribution in [1.29, 1.82) is 0 Å². The fourth-order valence-corrected chi connectivity index (χ4v) is 4.37. The molecule has 9 heteroatoms. The van der Waals surface area contributed by atoms with Crippen LogP contribution in [0.1, 0.15) is 12.8 Å². The summed E-state index contributed by atoms with van der Waals surface area (Å²) >= 11 is 6.02. The molecule has 0 spiro atoms. The van der Waals surface area contributed by atoms with Gasteiger partial charge in [0.05, 0.1) is 25.0 Å². The summed E-state index contributed by atoms with van der Waals surface area (Å²) in [6, 6.07) is 13.7. The van der Waals surface area contributed by atoms with Gasteiger partial charge in [0.15, 0.2) is 0 Å². The van der Waals surface area contributed by atoms with E-state index < -0.39 is 0 Å². The van der Waals surface area contributed by atoms with Crippen molar-refractivity contribution in [1.82, 2.24) is 9.80 Å². The average molecular weight is 457 g/mol. The molecular formula is C23H25ClN4O4. The molecule has 0 saturated carbocycles. The number of benzene rings is 2. The first-order valence-electron chi connectivity index (χ1n) is 10.5. The number of carbonyl (C=O) groups is 3. The SMILES string of the molecule is COc1ccc(Cl)cc1NC(=O)CN1CCC(N2CC(=O)N(c3ccccc3)C2=O)CC1. The molecule has 2 aromatic rings. The van der Waals surface area contributed by atoms with Gasteiger partial charge in [0, 0.05) is 24.2 Å². The molecule has 2 fully saturated rings. The zero-order valence-electron chi connectivity index (χ0n) is 17.8. The average Bonchev–Trinajstić information content (AvgIpc) is 3.09. The number of likely N-dealkylation sites (tertiary alicyclic amines) is 1. The van der Waals surface area contributed by atoms with E-state index in [0.717, 1.165) is 0 Å². The molecule has 0 radical (unpaired) electrons. The number of halogens is 1. The fourth-order valence-electron chi connectivity index (χ4n) is 4.20. The van der Waals surface area contributed by atoms with Crippen molar-refractivity contribution in [2.75, 3.05) is 43.5 Å². The van der Waals surface area contributed by atoms with Gasteiger partial charge in [-0.1, -0.05) is 29.8 Å². The first kappa shape index (κ1) is 22.1. The summed E-state index contributed by atoms with van der Waals surface area (Å²) in [6.45, 7) is 1.64. The van der Waals surface area contributed by atoms with E-state index in [4.69, 9.17) is 16.3 Å². The van der Waals surface area contributed by atoms with Crippen molar-refractivity contribution in [3.05, 3.63) is 53.6 Å². The van der Waals surface area contributed by atoms with Crippen LogP contribution in [0.3, 0.4) is 0 Å². The van der Waals surface area contributed by atoms with E-state index in [1.54, 1.807) is 47.4 Å². The number of methoxy groups -OCH3 is 1. The Balaban J connectivity index is 1.31. The Bertz CT molecular complexity index is 1010. The van der Waals surface area contributed by atoms with Gasteiger partial charge in [-0.15, -0.1) is 0 Å². The summed E-state index contributed by atoms with van der Waals surface area (Å²) in [5.41, 5.74) is 1.12. The molecule has 0 atom stereocenters. The van der Waals surface area contributed by atoms with Crippen molar-refractivity contribution in [2.45, 2.75) is 18.9 Å². The summed E-state index contributed by atoms with van der Waals surface area (Å²) in [4.78, 5) is 42.8. The number of piperidine rings is 1. The lowest BCUT2D eigenvalue weighted by molar-refractivity contribution is -0.117. The molecular weight excluding hydrogens is 432 g/mol. The van der Waals surface area contributed by atoms with Gasteiger partial charge in [-0.05, 0) is 43.2 Å². The summed E-state index contributed by atoms with van der Waals surface area (Å²) in [6.07, 6.45) is 1.41. The van der Waals surface area contributed by atoms with Gasteiger partial charge in [-0.2, -0.15) is 0 Å². The number of carbonyl (C=O) groups excluding carboxylic acids is 3. The lowest BCUT2D eigenvalue weighted by Crippen LogP contribution is -2.48. The van der Waals surface area contributed by atoms with Crippen molar-refractivity contribution < 1.29 is 19.1 Å². The van der Waals surface area contributed by atoms with Crippen molar-refractivity contribution in [2.24, 2.45) is 0 Å². The number of imide groups is 1. The highest BCUT2D eigenvalue weighted by molar-refractivity contribution is 6.31. The number of anilines is 2. The Morgan fingerprint density at radius 2 is 1.84 bits per heavy atom. The number of ether oxygens (including phenoxy) is 1. The van der Waals surface area contributed by atoms with E-state index in [-0.39, 0.29) is 37.0 Å². The lowest BCUT2D eigenvalue weighted by atomic mass is 10.0. The van der Waals surface area contributed by atoms with Gasteiger partial charge >= 0.3 is 6.03 Å². The smallest absolute Gasteiger partial charge is 0.332 e. The Morgan fingerprint density at radius 3 is 2.53 bits per heavy atom. The van der Waals surface area contributed by atoms with Crippen LogP contribution < -0.4 is 15.0 Å². The summed E-state index contributed by atoms with van der Waals surface area (Å²) < 4.78 is 5.27. The molecule has 0 aliphatic carbocycles. The quantitative estimate of drug-likeness (QED) is 0.675. The minimum atomic E-state index is -0.273. The van der Waals surface area contributed by atoms with E-state index in [0.29, 0.717) is 48.1 Å². The zero-order valence-corrected chi connectivity index (χ0v) is 18.5. The predicted molar refractivity (Wildman–Crippen MR) is 122 cm³/mol. The summed E-state index contributed by atoms with van der Waals surface area (Å²) in [5.74, 6) is 0.173. The number of urea groups is 1. The molecule has 2 aliphatic rings. The normalized spacial score (nSPS) is 17.7. The second-order valence-electron chi connectivity index (χ2n) is 7.88. The van der Waals surface area contributed by atoms with Crippen molar-refractivity contribution >= 4 is 40.8 Å². The van der Waals surface area contributed by atoms with E-state index in [9.17, 15) is 14.4 Å². The Labute approximate surface area is 191 Å². The highest BCUT2D eigenvalue weighted by atomic mass is 35.5. The van der Waals surface area contributed by atoms with Gasteiger partial charge in [0.2, 0.25) is 5.91 Å². The van der Waals surface area contributed by atoms with Crippen LogP contribution in [-0.2, 0) is 9.59 Å². The number of rotatable bonds is 6. The molecule has 168 valence electrons. The third-order valence-electron chi connectivity index (χ3n) is 5.81. The molecule has 2 saturated heterocycles. The first-order valence-corrected chi connectivity index (χ1v) is 10.9. The van der Waals surface area contributed by atoms with Crippen molar-refractivity contribution in [3.8, 4) is 5.75 Å². The first-order chi connectivity index (χ1) is 15.5. The van der Waals surface area contributed by atoms with Gasteiger partial charge in [-0.25, -0.2) is 9.69 Å². The number of hydrogen-bond donors (Lipinski definition) is 1. The van der Waals surface area contributed by atoms with Crippen LogP contribution in [0.2, 0.25) is 5.02 Å². The van der Waals surface area contributed by atoms with Crippen molar-refractivity contribution in [3.63, 3.8) is 0 Å². The molecule has 2 aromatic carbocycles. The van der Waals surface area contributed by atoms with Crippen LogP contribution >= 0.6 is 11.6 Å². The molecule has 0 unspecified atom stereocenters. The van der Waals surface area contributed by atoms with E-state index in [1.807, 2.05) is 11.0 Å². The molecule has 2 aliphatic heterocycles. The maximum atomic E-state index is 12.9. The predicted octanol–water partition coefficient (Wildman–Crippen LogP) is 3.22. The fraction of sp³-hybridized carbons (Fsp3) is 0.348. The molecule has 8 nitrogen and oxygen atoms in total. The molecule has 0 bridgehead atoms. The van der Waals surface area contributed by atoms with Crippen LogP contribution in [0, 0.1) is 0 Å². The molecule has 4 rings (SSSR count). The van der Waals surface area contributed by atoms with Gasteiger partial charge in [0.1, 0.15) is 12.3 Å². The molecule has 0 aromatic heterocycles. The molecule has 32 heavy (non-hydrogen) atoms. The standard InChI is InChI=1S/C23H25ClN4O4/c1-32-20-8-7-16(24)13-19(20)25-21(29)14-26-11-9-17(10-12-26)27-15-22(30)28(23(27)31)18-5-3-2-4-6-18/h2-8,13,17H,9-12,14-15H2,1H3,(H,25,29). The maximum absolute atomic E-state index is 12.9. The number of amides is 4. The highest BCUT2D eigenvalue weighted by Gasteiger charge is 2.41. The number of nitrogens with zero attached hydrogens (tertiary/aromatic N) is 3. The van der Waals surface area contributed by atoms with Gasteiger partial charge in [0.25, 0.3) is 5.91 Å². The Hall–Kier alpha value is -3.10. The van der Waals surface area contributed by atoms with Gasteiger partial charge < -0.3 is 15.0 Å². The maximum Gasteiger partial charge on any atom is 0.332 e. The molecule has 4 amide bonds. The van der Waals surface area contributed by atoms with E-state index in [1.165, 1.54) is 12.0 Å². The highest BCUT2D eigenvalue weighted by Crippen LogP contribution is 2.28. The third kappa shape index (κ3) is 4.71. The molecule has 1 N–H and O–H groups in total. The third-order valence-corrected chi connectivity index (χ3v) is 6.04. The van der Waals surface area contributed by atoms with Gasteiger partial charge in [-0.3, -0.25) is 14.5 Å². The Morgan fingerprint density at radius 1 is 1.12 bits per heavy atom. The van der Waals surface area contributed by atoms with E-state index >= 15 is 0 Å². The topological polar surface area (TPSA) is 82.2 Å². The van der Waals surface area contributed by atoms with Crippen LogP contribution in [0.25, 0.3) is 0 Å². The number of nitrogens with one attached hydrogen (secondary N) is 1. The summed E-state index contributed by atoms with van der Waals surface area (Å²) in [5, 5.41) is 3.36. The van der Waals surface area contributed by atoms with Crippen LogP contribution in [0.4, 0.5) is 16.2 Å². The minimum Gasteiger partial charge on any atom is -0.495 e. The van der Waals surface area contributed by atoms with Crippen LogP contribution in [0.5, 0.6) is 5.75 Å².